The highest BCUT2D eigenvalue weighted by Crippen LogP contribution is 2.18. The van der Waals surface area contributed by atoms with Crippen molar-refractivity contribution < 1.29 is 9.50 Å². The Kier molecular flexibility index (Phi) is 5.91. The zero-order chi connectivity index (χ0) is 16.8. The summed E-state index contributed by atoms with van der Waals surface area (Å²) in [5, 5.41) is 9.41. The number of benzene rings is 1. The van der Waals surface area contributed by atoms with Gasteiger partial charge in [0.05, 0.1) is 0 Å². The summed E-state index contributed by atoms with van der Waals surface area (Å²) in [5.74, 6) is -0.202. The van der Waals surface area contributed by atoms with E-state index in [2.05, 4.69) is 20.9 Å². The number of hydrogen-bond acceptors (Lipinski definition) is 4. The molecule has 1 saturated heterocycles. The molecule has 128 valence electrons. The summed E-state index contributed by atoms with van der Waals surface area (Å²) in [6, 6.07) is 11.1. The fraction of sp³-hybridized carbons (Fsp3) is 0.421. The van der Waals surface area contributed by atoms with Crippen LogP contribution < -0.4 is 0 Å². The first-order valence-electron chi connectivity index (χ1n) is 8.45. The van der Waals surface area contributed by atoms with Gasteiger partial charge in [-0.15, -0.1) is 0 Å². The van der Waals surface area contributed by atoms with E-state index in [1.807, 2.05) is 24.4 Å². The Balaban J connectivity index is 1.61. The summed E-state index contributed by atoms with van der Waals surface area (Å²) >= 11 is 0. The molecule has 4 nitrogen and oxygen atoms in total. The number of hydrogen-bond donors (Lipinski definition) is 1. The van der Waals surface area contributed by atoms with Gasteiger partial charge in [0.15, 0.2) is 0 Å². The normalized spacial score (nSPS) is 19.5. The summed E-state index contributed by atoms with van der Waals surface area (Å²) in [7, 11) is 0. The summed E-state index contributed by atoms with van der Waals surface area (Å²) < 4.78 is 13.1. The van der Waals surface area contributed by atoms with Gasteiger partial charge in [0.25, 0.3) is 0 Å². The third kappa shape index (κ3) is 4.60. The highest BCUT2D eigenvalue weighted by molar-refractivity contribution is 5.16. The van der Waals surface area contributed by atoms with Crippen LogP contribution >= 0.6 is 0 Å². The molecular formula is C19H24FN3O. The van der Waals surface area contributed by atoms with Crippen LogP contribution in [0.1, 0.15) is 17.5 Å². The van der Waals surface area contributed by atoms with Crippen LogP contribution in [0.5, 0.6) is 0 Å². The Bertz CT molecular complexity index is 620. The Morgan fingerprint density at radius 2 is 1.92 bits per heavy atom. The number of nitrogens with zero attached hydrogens (tertiary/aromatic N) is 3. The average molecular weight is 329 g/mol. The number of aliphatic hydroxyl groups is 1. The highest BCUT2D eigenvalue weighted by Gasteiger charge is 2.26. The van der Waals surface area contributed by atoms with Gasteiger partial charge in [-0.2, -0.15) is 0 Å². The fourth-order valence-electron chi connectivity index (χ4n) is 3.31. The smallest absolute Gasteiger partial charge is 0.123 e. The van der Waals surface area contributed by atoms with E-state index in [-0.39, 0.29) is 12.4 Å². The van der Waals surface area contributed by atoms with Crippen LogP contribution in [-0.4, -0.2) is 52.2 Å². The molecule has 2 aromatic rings. The lowest BCUT2D eigenvalue weighted by atomic mass is 10.1. The van der Waals surface area contributed by atoms with Crippen LogP contribution in [0.15, 0.2) is 48.8 Å². The predicted molar refractivity (Wildman–Crippen MR) is 91.8 cm³/mol. The topological polar surface area (TPSA) is 39.6 Å². The maximum Gasteiger partial charge on any atom is 0.123 e. The minimum absolute atomic E-state index is 0.186. The monoisotopic (exact) mass is 329 g/mol. The molecule has 0 radical (unpaired) electrons. The van der Waals surface area contributed by atoms with Crippen LogP contribution in [0.2, 0.25) is 0 Å². The zero-order valence-corrected chi connectivity index (χ0v) is 13.8. The quantitative estimate of drug-likeness (QED) is 0.883. The number of aliphatic hydroxyl groups excluding tert-OH is 1. The number of rotatable bonds is 6. The molecular weight excluding hydrogens is 305 g/mol. The first-order chi connectivity index (χ1) is 11.7. The standard InChI is InChI=1S/C19H24FN3O/c20-18-5-3-16(4-6-18)14-23-10-9-22(15-19(23)7-11-24)13-17-2-1-8-21-12-17/h1-6,8,12,19,24H,7,9-11,13-15H2. The number of pyridine rings is 1. The van der Waals surface area contributed by atoms with Crippen molar-refractivity contribution in [2.24, 2.45) is 0 Å². The number of piperazine rings is 1. The van der Waals surface area contributed by atoms with Crippen molar-refractivity contribution in [3.05, 3.63) is 65.7 Å². The molecule has 2 heterocycles. The minimum atomic E-state index is -0.202. The van der Waals surface area contributed by atoms with E-state index in [9.17, 15) is 9.50 Å². The molecule has 1 aliphatic rings. The third-order valence-electron chi connectivity index (χ3n) is 4.58. The van der Waals surface area contributed by atoms with Crippen molar-refractivity contribution in [3.8, 4) is 0 Å². The first kappa shape index (κ1) is 17.0. The van der Waals surface area contributed by atoms with Gasteiger partial charge in [0, 0.05) is 57.8 Å². The van der Waals surface area contributed by atoms with Gasteiger partial charge < -0.3 is 5.11 Å². The molecule has 1 unspecified atom stereocenters. The van der Waals surface area contributed by atoms with E-state index in [0.717, 1.165) is 44.7 Å². The molecule has 1 N–H and O–H groups in total. The van der Waals surface area contributed by atoms with Gasteiger partial charge >= 0.3 is 0 Å². The van der Waals surface area contributed by atoms with Gasteiger partial charge in [-0.3, -0.25) is 14.8 Å². The molecule has 1 aromatic carbocycles. The molecule has 1 atom stereocenters. The van der Waals surface area contributed by atoms with E-state index >= 15 is 0 Å². The third-order valence-corrected chi connectivity index (χ3v) is 4.58. The Morgan fingerprint density at radius 3 is 2.62 bits per heavy atom. The molecule has 3 rings (SSSR count). The molecule has 0 aliphatic carbocycles. The van der Waals surface area contributed by atoms with Crippen LogP contribution in [-0.2, 0) is 13.1 Å². The molecule has 0 bridgehead atoms. The van der Waals surface area contributed by atoms with Crippen LogP contribution in [0, 0.1) is 5.82 Å². The SMILES string of the molecule is OCCC1CN(Cc2cccnc2)CCN1Cc1ccc(F)cc1. The van der Waals surface area contributed by atoms with Gasteiger partial charge in [-0.1, -0.05) is 18.2 Å². The lowest BCUT2D eigenvalue weighted by molar-refractivity contribution is 0.0499. The second-order valence-corrected chi connectivity index (χ2v) is 6.36. The van der Waals surface area contributed by atoms with E-state index in [0.29, 0.717) is 6.04 Å². The highest BCUT2D eigenvalue weighted by atomic mass is 19.1. The molecule has 0 amide bonds. The largest absolute Gasteiger partial charge is 0.396 e. The van der Waals surface area contributed by atoms with Crippen molar-refractivity contribution >= 4 is 0 Å². The van der Waals surface area contributed by atoms with Crippen molar-refractivity contribution in [2.75, 3.05) is 26.2 Å². The van der Waals surface area contributed by atoms with Crippen molar-refractivity contribution in [1.82, 2.24) is 14.8 Å². The Morgan fingerprint density at radius 1 is 1.08 bits per heavy atom. The second-order valence-electron chi connectivity index (χ2n) is 6.36. The number of aromatic nitrogens is 1. The zero-order valence-electron chi connectivity index (χ0n) is 13.8. The Hall–Kier alpha value is -1.82. The van der Waals surface area contributed by atoms with E-state index in [1.165, 1.54) is 17.7 Å². The molecule has 0 spiro atoms. The fourth-order valence-corrected chi connectivity index (χ4v) is 3.31. The van der Waals surface area contributed by atoms with Gasteiger partial charge in [0.1, 0.15) is 5.82 Å². The number of halogens is 1. The molecule has 1 fully saturated rings. The average Bonchev–Trinajstić information content (AvgIpc) is 2.60. The van der Waals surface area contributed by atoms with Crippen LogP contribution in [0.4, 0.5) is 4.39 Å². The lowest BCUT2D eigenvalue weighted by Crippen LogP contribution is -2.52. The molecule has 1 aliphatic heterocycles. The van der Waals surface area contributed by atoms with Gasteiger partial charge in [-0.25, -0.2) is 4.39 Å². The lowest BCUT2D eigenvalue weighted by Gasteiger charge is -2.41. The summed E-state index contributed by atoms with van der Waals surface area (Å²) in [6.07, 6.45) is 4.45. The van der Waals surface area contributed by atoms with Crippen LogP contribution in [0.25, 0.3) is 0 Å². The molecule has 1 aromatic heterocycles. The minimum Gasteiger partial charge on any atom is -0.396 e. The van der Waals surface area contributed by atoms with Crippen LogP contribution in [0.3, 0.4) is 0 Å². The van der Waals surface area contributed by atoms with Crippen molar-refractivity contribution in [3.63, 3.8) is 0 Å². The van der Waals surface area contributed by atoms with E-state index in [4.69, 9.17) is 0 Å². The molecule has 0 saturated carbocycles. The van der Waals surface area contributed by atoms with E-state index < -0.39 is 0 Å². The van der Waals surface area contributed by atoms with Gasteiger partial charge in [-0.05, 0) is 35.7 Å². The second kappa shape index (κ2) is 8.33. The van der Waals surface area contributed by atoms with Crippen molar-refractivity contribution in [2.45, 2.75) is 25.6 Å². The van der Waals surface area contributed by atoms with Gasteiger partial charge in [0.2, 0.25) is 0 Å². The van der Waals surface area contributed by atoms with Crippen molar-refractivity contribution in [1.29, 1.82) is 0 Å². The summed E-state index contributed by atoms with van der Waals surface area (Å²) in [5.41, 5.74) is 2.33. The molecule has 24 heavy (non-hydrogen) atoms. The summed E-state index contributed by atoms with van der Waals surface area (Å²) in [6.45, 7) is 4.73. The maximum atomic E-state index is 13.1. The summed E-state index contributed by atoms with van der Waals surface area (Å²) in [4.78, 5) is 8.98. The maximum absolute atomic E-state index is 13.1. The first-order valence-corrected chi connectivity index (χ1v) is 8.45. The van der Waals surface area contributed by atoms with E-state index in [1.54, 1.807) is 6.20 Å². The molecule has 5 heteroatoms. The Labute approximate surface area is 142 Å². The predicted octanol–water partition coefficient (Wildman–Crippen LogP) is 2.29.